The summed E-state index contributed by atoms with van der Waals surface area (Å²) in [7, 11) is -0.141. The van der Waals surface area contributed by atoms with E-state index >= 15 is 0 Å². The molecule has 34 heavy (non-hydrogen) atoms. The van der Waals surface area contributed by atoms with Gasteiger partial charge in [0.05, 0.1) is 18.2 Å². The first kappa shape index (κ1) is 21.9. The van der Waals surface area contributed by atoms with Crippen molar-refractivity contribution in [2.45, 2.75) is 43.4 Å². The van der Waals surface area contributed by atoms with E-state index in [9.17, 15) is 0 Å². The highest BCUT2D eigenvalue weighted by Crippen LogP contribution is 2.31. The lowest BCUT2D eigenvalue weighted by Gasteiger charge is -2.25. The van der Waals surface area contributed by atoms with Gasteiger partial charge in [-0.1, -0.05) is 40.5 Å². The Balaban J connectivity index is 1.37. The number of aryl methyl sites for hydroxylation is 1. The van der Waals surface area contributed by atoms with Crippen molar-refractivity contribution in [2.75, 3.05) is 48.3 Å². The normalized spacial score (nSPS) is 24.8. The molecule has 0 saturated carbocycles. The maximum absolute atomic E-state index is 6.26. The quantitative estimate of drug-likeness (QED) is 0.621. The molecule has 0 spiro atoms. The number of nitrogens with zero attached hydrogens (tertiary/aromatic N) is 5. The molecule has 1 aromatic heterocycles. The second kappa shape index (κ2) is 9.24. The summed E-state index contributed by atoms with van der Waals surface area (Å²) in [5.74, 6) is 2.79. The summed E-state index contributed by atoms with van der Waals surface area (Å²) in [5.41, 5.74) is 9.79. The molecular formula is C26H32N6OS. The van der Waals surface area contributed by atoms with Crippen LogP contribution in [0.2, 0.25) is 0 Å². The van der Waals surface area contributed by atoms with Crippen LogP contribution in [0, 0.1) is 6.92 Å². The van der Waals surface area contributed by atoms with Gasteiger partial charge >= 0.3 is 0 Å². The highest BCUT2D eigenvalue weighted by Gasteiger charge is 2.26. The second-order valence-corrected chi connectivity index (χ2v) is 11.4. The molecule has 0 bridgehead atoms. The fraction of sp³-hybridized carbons (Fsp3) is 0.462. The largest absolute Gasteiger partial charge is 0.376 e. The number of rotatable bonds is 4. The summed E-state index contributed by atoms with van der Waals surface area (Å²) in [6.07, 6.45) is 2.43. The van der Waals surface area contributed by atoms with E-state index in [0.29, 0.717) is 6.10 Å². The van der Waals surface area contributed by atoms with Crippen LogP contribution in [0.3, 0.4) is 0 Å². The summed E-state index contributed by atoms with van der Waals surface area (Å²) in [6, 6.07) is 15.4. The molecule has 3 aliphatic rings. The summed E-state index contributed by atoms with van der Waals surface area (Å²) >= 11 is 0. The number of hydrogen-bond acceptors (Lipinski definition) is 7. The Kier molecular flexibility index (Phi) is 5.97. The first-order valence-corrected chi connectivity index (χ1v) is 13.6. The number of fused-ring (bicyclic) bond motifs is 2. The van der Waals surface area contributed by atoms with Crippen molar-refractivity contribution in [2.24, 2.45) is 10.1 Å². The molecule has 2 fully saturated rings. The van der Waals surface area contributed by atoms with Gasteiger partial charge in [0.15, 0.2) is 0 Å². The lowest BCUT2D eigenvalue weighted by Crippen LogP contribution is -2.30. The van der Waals surface area contributed by atoms with Crippen molar-refractivity contribution in [1.29, 1.82) is 0 Å². The van der Waals surface area contributed by atoms with Crippen molar-refractivity contribution in [3.63, 3.8) is 0 Å². The van der Waals surface area contributed by atoms with E-state index < -0.39 is 0 Å². The minimum atomic E-state index is -0.141. The van der Waals surface area contributed by atoms with E-state index in [2.05, 4.69) is 59.2 Å². The molecule has 7 nitrogen and oxygen atoms in total. The third kappa shape index (κ3) is 4.30. The fourth-order valence-electron chi connectivity index (χ4n) is 4.94. The van der Waals surface area contributed by atoms with E-state index in [1.54, 1.807) is 0 Å². The van der Waals surface area contributed by atoms with E-state index in [-0.39, 0.29) is 16.7 Å². The van der Waals surface area contributed by atoms with E-state index in [0.717, 1.165) is 80.6 Å². The standard InChI is InChI=1S/C26H32N6OS/c1-18-6-7-23-22(14-18)25(31-10-8-20(27)17-31)30-26(29-23)32-11-13-34(28-15-21-9-12-33-21)24-5-3-2-4-19(24)16-32/h2-7,14,20-21H,8-13,15-17,27H2,1H3/t20-,21?,34?/m1/s1. The van der Waals surface area contributed by atoms with Crippen molar-refractivity contribution in [3.8, 4) is 0 Å². The summed E-state index contributed by atoms with van der Waals surface area (Å²) in [4.78, 5) is 16.2. The van der Waals surface area contributed by atoms with Gasteiger partial charge in [-0.3, -0.25) is 4.36 Å². The van der Waals surface area contributed by atoms with Gasteiger partial charge in [-0.05, 0) is 43.5 Å². The first-order chi connectivity index (χ1) is 16.6. The monoisotopic (exact) mass is 476 g/mol. The van der Waals surface area contributed by atoms with Gasteiger partial charge in [0.25, 0.3) is 0 Å². The van der Waals surface area contributed by atoms with Crippen LogP contribution in [0.15, 0.2) is 51.7 Å². The highest BCUT2D eigenvalue weighted by atomic mass is 32.2. The Morgan fingerprint density at radius 1 is 1.12 bits per heavy atom. The predicted molar refractivity (Wildman–Crippen MR) is 139 cm³/mol. The number of aromatic nitrogens is 2. The Morgan fingerprint density at radius 3 is 2.79 bits per heavy atom. The molecule has 3 atom stereocenters. The van der Waals surface area contributed by atoms with Crippen LogP contribution < -0.4 is 15.5 Å². The van der Waals surface area contributed by atoms with Crippen LogP contribution in [0.5, 0.6) is 0 Å². The molecule has 2 saturated heterocycles. The topological polar surface area (TPSA) is 79.9 Å². The van der Waals surface area contributed by atoms with Gasteiger partial charge in [0, 0.05) is 54.9 Å². The Morgan fingerprint density at radius 2 is 2.00 bits per heavy atom. The van der Waals surface area contributed by atoms with Crippen LogP contribution >= 0.6 is 0 Å². The molecule has 0 radical (unpaired) electrons. The first-order valence-electron chi connectivity index (χ1n) is 12.3. The Hall–Kier alpha value is -2.55. The maximum atomic E-state index is 6.26. The average Bonchev–Trinajstić information content (AvgIpc) is 3.15. The van der Waals surface area contributed by atoms with Crippen LogP contribution in [0.25, 0.3) is 10.9 Å². The molecule has 8 heteroatoms. The molecule has 2 N–H and O–H groups in total. The van der Waals surface area contributed by atoms with E-state index in [1.165, 1.54) is 16.0 Å². The smallest absolute Gasteiger partial charge is 0.228 e. The molecule has 178 valence electrons. The van der Waals surface area contributed by atoms with Gasteiger partial charge in [-0.25, -0.2) is 4.98 Å². The van der Waals surface area contributed by atoms with Crippen molar-refractivity contribution >= 4 is 33.4 Å². The van der Waals surface area contributed by atoms with Crippen molar-refractivity contribution in [1.82, 2.24) is 9.97 Å². The zero-order valence-electron chi connectivity index (χ0n) is 19.7. The zero-order valence-corrected chi connectivity index (χ0v) is 20.5. The number of anilines is 2. The zero-order chi connectivity index (χ0) is 23.1. The Bertz CT molecular complexity index is 1240. The minimum absolute atomic E-state index is 0.141. The molecular weight excluding hydrogens is 444 g/mol. The van der Waals surface area contributed by atoms with E-state index in [1.807, 2.05) is 0 Å². The van der Waals surface area contributed by atoms with E-state index in [4.69, 9.17) is 24.8 Å². The molecule has 0 aliphatic carbocycles. The van der Waals surface area contributed by atoms with Gasteiger partial charge < -0.3 is 20.3 Å². The van der Waals surface area contributed by atoms with Gasteiger partial charge in [0.1, 0.15) is 5.82 Å². The van der Waals surface area contributed by atoms with Gasteiger partial charge in [-0.2, -0.15) is 4.98 Å². The minimum Gasteiger partial charge on any atom is -0.376 e. The molecule has 3 aliphatic heterocycles. The van der Waals surface area contributed by atoms with Crippen LogP contribution in [0.1, 0.15) is 24.0 Å². The number of hydrogen-bond donors (Lipinski definition) is 1. The fourth-order valence-corrected chi connectivity index (χ4v) is 6.84. The third-order valence-corrected chi connectivity index (χ3v) is 8.93. The SMILES string of the molecule is Cc1ccc2nc(N3CCS(=NCC4CCO4)c4ccccc4C3)nc(N3CC[C@@H](N)C3)c2c1. The van der Waals surface area contributed by atoms with Crippen molar-refractivity contribution in [3.05, 3.63) is 53.6 Å². The molecule has 2 aromatic carbocycles. The molecule has 3 aromatic rings. The molecule has 6 rings (SSSR count). The van der Waals surface area contributed by atoms with Gasteiger partial charge in [0.2, 0.25) is 5.95 Å². The summed E-state index contributed by atoms with van der Waals surface area (Å²) in [6.45, 7) is 7.25. The highest BCUT2D eigenvalue weighted by molar-refractivity contribution is 7.87. The lowest BCUT2D eigenvalue weighted by atomic mass is 10.1. The average molecular weight is 477 g/mol. The second-order valence-electron chi connectivity index (χ2n) is 9.55. The summed E-state index contributed by atoms with van der Waals surface area (Å²) < 4.78 is 10.7. The predicted octanol–water partition coefficient (Wildman–Crippen LogP) is 3.45. The number of benzene rings is 2. The van der Waals surface area contributed by atoms with Crippen LogP contribution in [0.4, 0.5) is 11.8 Å². The summed E-state index contributed by atoms with van der Waals surface area (Å²) in [5, 5.41) is 1.11. The van der Waals surface area contributed by atoms with Crippen LogP contribution in [-0.4, -0.2) is 60.7 Å². The molecule has 2 unspecified atom stereocenters. The third-order valence-electron chi connectivity index (χ3n) is 7.00. The number of ether oxygens (including phenoxy) is 1. The van der Waals surface area contributed by atoms with Crippen molar-refractivity contribution < 1.29 is 4.74 Å². The molecule has 0 amide bonds. The number of nitrogens with two attached hydrogens (primary N) is 1. The van der Waals surface area contributed by atoms with Crippen LogP contribution in [-0.2, 0) is 22.0 Å². The molecule has 4 heterocycles. The maximum Gasteiger partial charge on any atom is 0.228 e. The Labute approximate surface area is 203 Å². The lowest BCUT2D eigenvalue weighted by molar-refractivity contribution is -0.0429. The van der Waals surface area contributed by atoms with Gasteiger partial charge in [-0.15, -0.1) is 0 Å².